The number of hydrogen-bond acceptors (Lipinski definition) is 4. The van der Waals surface area contributed by atoms with Gasteiger partial charge in [0.2, 0.25) is 0 Å². The maximum atomic E-state index is 10.8. The van der Waals surface area contributed by atoms with E-state index < -0.39 is 12.5 Å². The Hall–Kier alpha value is -0.940. The van der Waals surface area contributed by atoms with Crippen LogP contribution < -0.4 is 5.32 Å². The highest BCUT2D eigenvalue weighted by Gasteiger charge is 2.07. The summed E-state index contributed by atoms with van der Waals surface area (Å²) in [7, 11) is 0. The molecular weight excluding hydrogens is 188 g/mol. The first-order valence-corrected chi connectivity index (χ1v) is 4.86. The molecule has 0 aliphatic heterocycles. The summed E-state index contributed by atoms with van der Waals surface area (Å²) in [5, 5.41) is 11.6. The number of carbonyl (C=O) groups is 1. The molecule has 72 valence electrons. The largest absolute Gasteiger partial charge is 0.387 e. The number of thiazole rings is 1. The third kappa shape index (κ3) is 2.50. The van der Waals surface area contributed by atoms with E-state index in [0.717, 1.165) is 17.0 Å². The van der Waals surface area contributed by atoms with Gasteiger partial charge in [0, 0.05) is 4.88 Å². The molecule has 0 unspecified atom stereocenters. The SMILES string of the molecule is CCc1nc(NC(=O)CO)sc1C. The fourth-order valence-corrected chi connectivity index (χ4v) is 1.89. The number of aliphatic hydroxyl groups excluding tert-OH is 1. The summed E-state index contributed by atoms with van der Waals surface area (Å²) < 4.78 is 0. The van der Waals surface area contributed by atoms with Crippen LogP contribution in [0.3, 0.4) is 0 Å². The molecule has 1 aromatic heterocycles. The van der Waals surface area contributed by atoms with Crippen molar-refractivity contribution in [3.05, 3.63) is 10.6 Å². The van der Waals surface area contributed by atoms with E-state index >= 15 is 0 Å². The van der Waals surface area contributed by atoms with Crippen LogP contribution in [0.2, 0.25) is 0 Å². The summed E-state index contributed by atoms with van der Waals surface area (Å²) in [4.78, 5) is 16.1. The number of hydrogen-bond donors (Lipinski definition) is 2. The van der Waals surface area contributed by atoms with Gasteiger partial charge in [0.1, 0.15) is 6.61 Å². The van der Waals surface area contributed by atoms with Crippen LogP contribution >= 0.6 is 11.3 Å². The Balaban J connectivity index is 2.73. The second-order valence-corrected chi connectivity index (χ2v) is 3.78. The number of rotatable bonds is 3. The van der Waals surface area contributed by atoms with Gasteiger partial charge in [0.05, 0.1) is 5.69 Å². The zero-order valence-electron chi connectivity index (χ0n) is 7.63. The van der Waals surface area contributed by atoms with Gasteiger partial charge in [0.15, 0.2) is 5.13 Å². The van der Waals surface area contributed by atoms with Crippen LogP contribution in [0, 0.1) is 6.92 Å². The fraction of sp³-hybridized carbons (Fsp3) is 0.500. The molecule has 0 saturated carbocycles. The first-order chi connectivity index (χ1) is 6.17. The number of nitrogens with one attached hydrogen (secondary N) is 1. The second-order valence-electron chi connectivity index (χ2n) is 2.58. The quantitative estimate of drug-likeness (QED) is 0.763. The Morgan fingerprint density at radius 3 is 2.85 bits per heavy atom. The molecule has 4 nitrogen and oxygen atoms in total. The van der Waals surface area contributed by atoms with Crippen LogP contribution in [-0.2, 0) is 11.2 Å². The lowest BCUT2D eigenvalue weighted by atomic mass is 10.3. The van der Waals surface area contributed by atoms with Crippen LogP contribution in [0.25, 0.3) is 0 Å². The summed E-state index contributed by atoms with van der Waals surface area (Å²) in [5.74, 6) is -0.420. The molecular formula is C8H12N2O2S. The highest BCUT2D eigenvalue weighted by atomic mass is 32.1. The Kier molecular flexibility index (Phi) is 3.39. The third-order valence-electron chi connectivity index (χ3n) is 1.62. The number of aromatic nitrogens is 1. The predicted molar refractivity (Wildman–Crippen MR) is 51.9 cm³/mol. The van der Waals surface area contributed by atoms with Gasteiger partial charge in [0.25, 0.3) is 5.91 Å². The minimum absolute atomic E-state index is 0.420. The highest BCUT2D eigenvalue weighted by Crippen LogP contribution is 2.21. The minimum Gasteiger partial charge on any atom is -0.387 e. The lowest BCUT2D eigenvalue weighted by molar-refractivity contribution is -0.118. The summed E-state index contributed by atoms with van der Waals surface area (Å²) >= 11 is 1.43. The molecule has 0 aliphatic rings. The molecule has 1 aromatic rings. The summed E-state index contributed by atoms with van der Waals surface area (Å²) in [5.41, 5.74) is 0.998. The Bertz CT molecular complexity index is 309. The number of nitrogens with zero attached hydrogens (tertiary/aromatic N) is 1. The molecule has 5 heteroatoms. The van der Waals surface area contributed by atoms with Crippen molar-refractivity contribution in [2.24, 2.45) is 0 Å². The summed E-state index contributed by atoms with van der Waals surface area (Å²) in [6.07, 6.45) is 0.858. The van der Waals surface area contributed by atoms with Crippen molar-refractivity contribution in [1.82, 2.24) is 4.98 Å². The molecule has 0 fully saturated rings. The molecule has 1 amide bonds. The van der Waals surface area contributed by atoms with Crippen LogP contribution in [0.4, 0.5) is 5.13 Å². The lowest BCUT2D eigenvalue weighted by Gasteiger charge is -1.95. The number of carbonyl (C=O) groups excluding carboxylic acids is 1. The number of aryl methyl sites for hydroxylation is 2. The monoisotopic (exact) mass is 200 g/mol. The molecule has 0 radical (unpaired) electrons. The van der Waals surface area contributed by atoms with Crippen LogP contribution in [-0.4, -0.2) is 22.6 Å². The molecule has 1 heterocycles. The van der Waals surface area contributed by atoms with E-state index in [1.54, 1.807) is 0 Å². The van der Waals surface area contributed by atoms with Gasteiger partial charge in [-0.25, -0.2) is 4.98 Å². The van der Waals surface area contributed by atoms with Crippen molar-refractivity contribution < 1.29 is 9.90 Å². The van der Waals surface area contributed by atoms with E-state index in [9.17, 15) is 4.79 Å². The standard InChI is InChI=1S/C8H12N2O2S/c1-3-6-5(2)13-8(9-6)10-7(12)4-11/h11H,3-4H2,1-2H3,(H,9,10,12). The summed E-state index contributed by atoms with van der Waals surface area (Å²) in [6.45, 7) is 3.48. The molecule has 0 saturated heterocycles. The molecule has 2 N–H and O–H groups in total. The normalized spacial score (nSPS) is 10.1. The van der Waals surface area contributed by atoms with Crippen molar-refractivity contribution in [3.8, 4) is 0 Å². The molecule has 0 aliphatic carbocycles. The van der Waals surface area contributed by atoms with Crippen molar-refractivity contribution in [3.63, 3.8) is 0 Å². The Morgan fingerprint density at radius 2 is 2.38 bits per heavy atom. The molecule has 1 rings (SSSR count). The fourth-order valence-electron chi connectivity index (χ4n) is 0.968. The van der Waals surface area contributed by atoms with Gasteiger partial charge >= 0.3 is 0 Å². The highest BCUT2D eigenvalue weighted by molar-refractivity contribution is 7.15. The van der Waals surface area contributed by atoms with Gasteiger partial charge in [-0.3, -0.25) is 10.1 Å². The third-order valence-corrected chi connectivity index (χ3v) is 2.55. The lowest BCUT2D eigenvalue weighted by Crippen LogP contribution is -2.15. The summed E-state index contributed by atoms with van der Waals surface area (Å²) in [6, 6.07) is 0. The average molecular weight is 200 g/mol. The van der Waals surface area contributed by atoms with Gasteiger partial charge < -0.3 is 5.11 Å². The van der Waals surface area contributed by atoms with Crippen LogP contribution in [0.5, 0.6) is 0 Å². The van der Waals surface area contributed by atoms with Crippen molar-refractivity contribution in [2.75, 3.05) is 11.9 Å². The maximum Gasteiger partial charge on any atom is 0.251 e. The van der Waals surface area contributed by atoms with Crippen molar-refractivity contribution in [2.45, 2.75) is 20.3 Å². The predicted octanol–water partition coefficient (Wildman–Crippen LogP) is 0.945. The molecule has 0 bridgehead atoms. The van der Waals surface area contributed by atoms with Gasteiger partial charge in [-0.2, -0.15) is 0 Å². The zero-order valence-corrected chi connectivity index (χ0v) is 8.44. The van der Waals surface area contributed by atoms with E-state index in [1.807, 2.05) is 13.8 Å². The van der Waals surface area contributed by atoms with E-state index in [0.29, 0.717) is 5.13 Å². The van der Waals surface area contributed by atoms with Crippen molar-refractivity contribution >= 4 is 22.4 Å². The molecule has 0 spiro atoms. The molecule has 0 atom stereocenters. The van der Waals surface area contributed by atoms with E-state index in [4.69, 9.17) is 5.11 Å². The minimum atomic E-state index is -0.500. The van der Waals surface area contributed by atoms with Crippen LogP contribution in [0.15, 0.2) is 0 Å². The van der Waals surface area contributed by atoms with Gasteiger partial charge in [-0.1, -0.05) is 6.92 Å². The van der Waals surface area contributed by atoms with Crippen molar-refractivity contribution in [1.29, 1.82) is 0 Å². The Labute approximate surface area is 80.6 Å². The smallest absolute Gasteiger partial charge is 0.251 e. The van der Waals surface area contributed by atoms with Crippen LogP contribution in [0.1, 0.15) is 17.5 Å². The number of anilines is 1. The van der Waals surface area contributed by atoms with E-state index in [2.05, 4.69) is 10.3 Å². The average Bonchev–Trinajstić information content (AvgIpc) is 2.46. The van der Waals surface area contributed by atoms with Gasteiger partial charge in [-0.05, 0) is 13.3 Å². The first kappa shape index (κ1) is 10.1. The zero-order chi connectivity index (χ0) is 9.84. The second kappa shape index (κ2) is 4.34. The topological polar surface area (TPSA) is 62.2 Å². The van der Waals surface area contributed by atoms with E-state index in [1.165, 1.54) is 11.3 Å². The maximum absolute atomic E-state index is 10.8. The Morgan fingerprint density at radius 1 is 1.69 bits per heavy atom. The molecule has 13 heavy (non-hydrogen) atoms. The first-order valence-electron chi connectivity index (χ1n) is 4.04. The van der Waals surface area contributed by atoms with Gasteiger partial charge in [-0.15, -0.1) is 11.3 Å². The van der Waals surface area contributed by atoms with E-state index in [-0.39, 0.29) is 0 Å². The number of amides is 1. The molecule has 0 aromatic carbocycles. The number of aliphatic hydroxyl groups is 1.